The number of ether oxygens (including phenoxy) is 3. The molecular formula is C19H29NO8. The van der Waals surface area contributed by atoms with Crippen molar-refractivity contribution in [3.8, 4) is 5.75 Å². The molecule has 1 aromatic carbocycles. The van der Waals surface area contributed by atoms with Crippen LogP contribution < -0.4 is 10.1 Å². The van der Waals surface area contributed by atoms with E-state index in [0.29, 0.717) is 12.4 Å². The van der Waals surface area contributed by atoms with Crippen molar-refractivity contribution in [3.63, 3.8) is 0 Å². The quantitative estimate of drug-likeness (QED) is 0.337. The predicted octanol–water partition coefficient (Wildman–Crippen LogP) is -0.0295. The van der Waals surface area contributed by atoms with E-state index in [4.69, 9.17) is 19.3 Å². The maximum atomic E-state index is 11.9. The molecule has 0 spiro atoms. The smallest absolute Gasteiger partial charge is 0.338 e. The molecule has 3 unspecified atom stereocenters. The predicted molar refractivity (Wildman–Crippen MR) is 100 cm³/mol. The third-order valence-corrected chi connectivity index (χ3v) is 3.78. The van der Waals surface area contributed by atoms with Gasteiger partial charge in [-0.2, -0.15) is 0 Å². The number of carbonyl (C=O) groups is 2. The number of carboxylic acids is 1. The van der Waals surface area contributed by atoms with E-state index in [-0.39, 0.29) is 19.2 Å². The van der Waals surface area contributed by atoms with E-state index in [1.54, 1.807) is 19.2 Å². The number of carbonyl (C=O) groups excluding carboxylic acids is 1. The molecule has 0 radical (unpaired) electrons. The van der Waals surface area contributed by atoms with Crippen molar-refractivity contribution in [3.05, 3.63) is 29.8 Å². The lowest BCUT2D eigenvalue weighted by atomic mass is 10.1. The highest BCUT2D eigenvalue weighted by Gasteiger charge is 2.33. The standard InChI is InChI=1S/C19H29NO8/c1-12(2)20-10-15(28-19(25)17(22)16(21)18(23)24)11-27-14-6-4-13(5-7-14)8-9-26-3/h4-7,12,15-17,20-22H,8-11H2,1-3H3,(H,23,24). The lowest BCUT2D eigenvalue weighted by Gasteiger charge is -2.22. The molecule has 0 saturated heterocycles. The highest BCUT2D eigenvalue weighted by molar-refractivity contribution is 5.84. The second-order valence-electron chi connectivity index (χ2n) is 6.55. The molecule has 0 fully saturated rings. The van der Waals surface area contributed by atoms with Crippen molar-refractivity contribution >= 4 is 11.9 Å². The van der Waals surface area contributed by atoms with Gasteiger partial charge in [-0.3, -0.25) is 0 Å². The Morgan fingerprint density at radius 3 is 2.29 bits per heavy atom. The monoisotopic (exact) mass is 399 g/mol. The lowest BCUT2D eigenvalue weighted by Crippen LogP contribution is -2.45. The molecule has 1 rings (SSSR count). The summed E-state index contributed by atoms with van der Waals surface area (Å²) >= 11 is 0. The van der Waals surface area contributed by atoms with Crippen LogP contribution in [0.25, 0.3) is 0 Å². The van der Waals surface area contributed by atoms with Crippen LogP contribution in [0.1, 0.15) is 19.4 Å². The van der Waals surface area contributed by atoms with Crippen LogP contribution in [-0.2, 0) is 25.5 Å². The van der Waals surface area contributed by atoms with Crippen LogP contribution in [0.15, 0.2) is 24.3 Å². The summed E-state index contributed by atoms with van der Waals surface area (Å²) in [5.74, 6) is -2.38. The molecule has 0 bridgehead atoms. The average molecular weight is 399 g/mol. The number of methoxy groups -OCH3 is 1. The molecule has 4 N–H and O–H groups in total. The van der Waals surface area contributed by atoms with Crippen molar-refractivity contribution in [2.75, 3.05) is 26.9 Å². The Morgan fingerprint density at radius 2 is 1.75 bits per heavy atom. The Bertz CT molecular complexity index is 604. The fourth-order valence-electron chi connectivity index (χ4n) is 2.16. The highest BCUT2D eigenvalue weighted by atomic mass is 16.6. The number of esters is 1. The third kappa shape index (κ3) is 8.66. The van der Waals surface area contributed by atoms with Crippen LogP contribution in [-0.4, -0.2) is 78.5 Å². The van der Waals surface area contributed by atoms with Gasteiger partial charge in [-0.1, -0.05) is 26.0 Å². The van der Waals surface area contributed by atoms with Gasteiger partial charge in [-0.15, -0.1) is 0 Å². The highest BCUT2D eigenvalue weighted by Crippen LogP contribution is 2.14. The number of aliphatic carboxylic acids is 1. The van der Waals surface area contributed by atoms with Gasteiger partial charge in [0.25, 0.3) is 0 Å². The Kier molecular flexibility index (Phi) is 10.5. The summed E-state index contributed by atoms with van der Waals surface area (Å²) in [4.78, 5) is 22.6. The molecule has 0 aliphatic rings. The maximum Gasteiger partial charge on any atom is 0.338 e. The molecule has 0 aliphatic carbocycles. The number of hydrogen-bond acceptors (Lipinski definition) is 8. The Balaban J connectivity index is 2.65. The van der Waals surface area contributed by atoms with Gasteiger partial charge in [0.05, 0.1) is 6.61 Å². The van der Waals surface area contributed by atoms with Crippen LogP contribution in [0.4, 0.5) is 0 Å². The first-order valence-electron chi connectivity index (χ1n) is 8.98. The minimum atomic E-state index is -2.26. The van der Waals surface area contributed by atoms with Crippen molar-refractivity contribution in [1.29, 1.82) is 0 Å². The molecule has 0 aliphatic heterocycles. The number of carboxylic acid groups (broad SMARTS) is 1. The Hall–Kier alpha value is -2.20. The van der Waals surface area contributed by atoms with Crippen molar-refractivity contribution in [2.45, 2.75) is 44.6 Å². The average Bonchev–Trinajstić information content (AvgIpc) is 2.67. The normalized spacial score (nSPS) is 14.4. The summed E-state index contributed by atoms with van der Waals surface area (Å²) < 4.78 is 15.8. The zero-order valence-corrected chi connectivity index (χ0v) is 16.3. The van der Waals surface area contributed by atoms with Crippen molar-refractivity contribution < 1.29 is 39.1 Å². The van der Waals surface area contributed by atoms with E-state index >= 15 is 0 Å². The van der Waals surface area contributed by atoms with Gasteiger partial charge in [0.1, 0.15) is 18.5 Å². The fraction of sp³-hybridized carbons (Fsp3) is 0.579. The molecule has 158 valence electrons. The molecule has 0 aromatic heterocycles. The second kappa shape index (κ2) is 12.3. The van der Waals surface area contributed by atoms with Gasteiger partial charge < -0.3 is 34.8 Å². The van der Waals surface area contributed by atoms with E-state index in [9.17, 15) is 19.8 Å². The number of benzene rings is 1. The minimum Gasteiger partial charge on any atom is -0.490 e. The van der Waals surface area contributed by atoms with Crippen LogP contribution in [0.2, 0.25) is 0 Å². The number of nitrogens with one attached hydrogen (secondary N) is 1. The summed E-state index contributed by atoms with van der Waals surface area (Å²) in [6, 6.07) is 7.46. The van der Waals surface area contributed by atoms with Crippen LogP contribution >= 0.6 is 0 Å². The maximum absolute atomic E-state index is 11.9. The van der Waals surface area contributed by atoms with Crippen LogP contribution in [0.5, 0.6) is 5.75 Å². The van der Waals surface area contributed by atoms with E-state index in [1.807, 2.05) is 26.0 Å². The molecule has 1 aromatic rings. The molecular weight excluding hydrogens is 370 g/mol. The molecule has 28 heavy (non-hydrogen) atoms. The summed E-state index contributed by atoms with van der Waals surface area (Å²) in [5.41, 5.74) is 1.09. The summed E-state index contributed by atoms with van der Waals surface area (Å²) in [5, 5.41) is 30.6. The number of aliphatic hydroxyl groups excluding tert-OH is 2. The molecule has 0 heterocycles. The number of aliphatic hydroxyl groups is 2. The lowest BCUT2D eigenvalue weighted by molar-refractivity contribution is -0.174. The van der Waals surface area contributed by atoms with Gasteiger partial charge in [-0.05, 0) is 24.1 Å². The van der Waals surface area contributed by atoms with Crippen LogP contribution in [0, 0.1) is 0 Å². The summed E-state index contributed by atoms with van der Waals surface area (Å²) in [6.45, 7) is 4.64. The molecule has 3 atom stereocenters. The Labute approximate surface area is 164 Å². The molecule has 0 amide bonds. The summed E-state index contributed by atoms with van der Waals surface area (Å²) in [7, 11) is 1.64. The van der Waals surface area contributed by atoms with Gasteiger partial charge in [0, 0.05) is 19.7 Å². The largest absolute Gasteiger partial charge is 0.490 e. The molecule has 9 heteroatoms. The van der Waals surface area contributed by atoms with E-state index in [0.717, 1.165) is 12.0 Å². The van der Waals surface area contributed by atoms with Crippen molar-refractivity contribution in [2.24, 2.45) is 0 Å². The van der Waals surface area contributed by atoms with E-state index < -0.39 is 30.3 Å². The summed E-state index contributed by atoms with van der Waals surface area (Å²) in [6.07, 6.45) is -4.45. The Morgan fingerprint density at radius 1 is 1.11 bits per heavy atom. The van der Waals surface area contributed by atoms with E-state index in [1.165, 1.54) is 0 Å². The topological polar surface area (TPSA) is 135 Å². The van der Waals surface area contributed by atoms with E-state index in [2.05, 4.69) is 5.32 Å². The molecule has 0 saturated carbocycles. The minimum absolute atomic E-state index is 0.0151. The van der Waals surface area contributed by atoms with Crippen molar-refractivity contribution in [1.82, 2.24) is 5.32 Å². The molecule has 9 nitrogen and oxygen atoms in total. The van der Waals surface area contributed by atoms with Gasteiger partial charge in [-0.25, -0.2) is 9.59 Å². The zero-order valence-electron chi connectivity index (χ0n) is 16.3. The fourth-order valence-corrected chi connectivity index (χ4v) is 2.16. The SMILES string of the molecule is COCCc1ccc(OCC(CNC(C)C)OC(=O)C(O)C(O)C(=O)O)cc1. The first-order valence-corrected chi connectivity index (χ1v) is 8.98. The van der Waals surface area contributed by atoms with Crippen LogP contribution in [0.3, 0.4) is 0 Å². The number of rotatable bonds is 13. The van der Waals surface area contributed by atoms with Gasteiger partial charge in [0.15, 0.2) is 12.2 Å². The van der Waals surface area contributed by atoms with Gasteiger partial charge in [0.2, 0.25) is 0 Å². The first-order chi connectivity index (χ1) is 13.2. The number of hydrogen-bond donors (Lipinski definition) is 4. The van der Waals surface area contributed by atoms with Gasteiger partial charge >= 0.3 is 11.9 Å². The first kappa shape index (κ1) is 23.8. The zero-order chi connectivity index (χ0) is 21.1. The third-order valence-electron chi connectivity index (χ3n) is 3.78. The second-order valence-corrected chi connectivity index (χ2v) is 6.55.